The van der Waals surface area contributed by atoms with E-state index in [0.29, 0.717) is 17.9 Å². The van der Waals surface area contributed by atoms with Crippen molar-refractivity contribution >= 4 is 23.6 Å². The lowest BCUT2D eigenvalue weighted by atomic mass is 10.0. The van der Waals surface area contributed by atoms with Gasteiger partial charge in [0.25, 0.3) is 5.91 Å². The SMILES string of the molecule is CC(NC(=O)c1ccc(C2SCC(=O)N2Cc2ccccc2)cc1)c1ccc2c(c1)CCC2. The molecule has 5 rings (SSSR count). The molecule has 2 atom stereocenters. The highest BCUT2D eigenvalue weighted by Crippen LogP contribution is 2.39. The van der Waals surface area contributed by atoms with E-state index in [0.717, 1.165) is 29.5 Å². The number of carbonyl (C=O) groups is 2. The third-order valence-corrected chi connectivity index (χ3v) is 7.85. The van der Waals surface area contributed by atoms with Crippen molar-refractivity contribution in [1.29, 1.82) is 0 Å². The van der Waals surface area contributed by atoms with Crippen LogP contribution in [-0.2, 0) is 24.2 Å². The smallest absolute Gasteiger partial charge is 0.251 e. The molecule has 1 heterocycles. The Morgan fingerprint density at radius 3 is 2.58 bits per heavy atom. The maximum atomic E-state index is 12.9. The monoisotopic (exact) mass is 456 g/mol. The van der Waals surface area contributed by atoms with Gasteiger partial charge in [-0.2, -0.15) is 0 Å². The summed E-state index contributed by atoms with van der Waals surface area (Å²) in [7, 11) is 0. The quantitative estimate of drug-likeness (QED) is 0.537. The molecular weight excluding hydrogens is 428 g/mol. The first-order valence-corrected chi connectivity index (χ1v) is 12.6. The van der Waals surface area contributed by atoms with Crippen molar-refractivity contribution < 1.29 is 9.59 Å². The summed E-state index contributed by atoms with van der Waals surface area (Å²) in [5.74, 6) is 0.558. The number of carbonyl (C=O) groups excluding carboxylic acids is 2. The Balaban J connectivity index is 1.26. The van der Waals surface area contributed by atoms with Gasteiger partial charge < -0.3 is 10.2 Å². The maximum Gasteiger partial charge on any atom is 0.251 e. The summed E-state index contributed by atoms with van der Waals surface area (Å²) < 4.78 is 0. The summed E-state index contributed by atoms with van der Waals surface area (Å²) in [4.78, 5) is 27.3. The Kier molecular flexibility index (Phi) is 6.23. The molecule has 0 radical (unpaired) electrons. The molecule has 0 spiro atoms. The number of nitrogens with zero attached hydrogens (tertiary/aromatic N) is 1. The Bertz CT molecular complexity index is 1160. The van der Waals surface area contributed by atoms with Gasteiger partial charge in [-0.25, -0.2) is 0 Å². The number of amides is 2. The van der Waals surface area contributed by atoms with Crippen molar-refractivity contribution in [3.05, 3.63) is 106 Å². The van der Waals surface area contributed by atoms with Gasteiger partial charge in [0.15, 0.2) is 0 Å². The fraction of sp³-hybridized carbons (Fsp3) is 0.286. The largest absolute Gasteiger partial charge is 0.346 e. The molecule has 33 heavy (non-hydrogen) atoms. The summed E-state index contributed by atoms with van der Waals surface area (Å²) in [6, 6.07) is 24.3. The van der Waals surface area contributed by atoms with Crippen LogP contribution in [0.25, 0.3) is 0 Å². The summed E-state index contributed by atoms with van der Waals surface area (Å²) in [5, 5.41) is 3.10. The van der Waals surface area contributed by atoms with Crippen molar-refractivity contribution in [2.45, 2.75) is 44.1 Å². The lowest BCUT2D eigenvalue weighted by Gasteiger charge is -2.24. The van der Waals surface area contributed by atoms with Gasteiger partial charge in [-0.05, 0) is 66.1 Å². The zero-order chi connectivity index (χ0) is 22.8. The van der Waals surface area contributed by atoms with Crippen LogP contribution in [0, 0.1) is 0 Å². The third kappa shape index (κ3) is 4.69. The van der Waals surface area contributed by atoms with Crippen LogP contribution >= 0.6 is 11.8 Å². The molecule has 0 bridgehead atoms. The van der Waals surface area contributed by atoms with Crippen molar-refractivity contribution in [2.24, 2.45) is 0 Å². The lowest BCUT2D eigenvalue weighted by Crippen LogP contribution is -2.28. The van der Waals surface area contributed by atoms with Crippen LogP contribution in [0.3, 0.4) is 0 Å². The van der Waals surface area contributed by atoms with E-state index in [1.165, 1.54) is 17.5 Å². The molecule has 4 nitrogen and oxygen atoms in total. The minimum absolute atomic E-state index is 0.0276. The standard InChI is InChI=1S/C28H28N2O2S/c1-19(24-15-10-21-8-5-9-25(21)16-24)29-27(32)22-11-13-23(14-12-22)28-30(26(31)18-33-28)17-20-6-3-2-4-7-20/h2-4,6-7,10-16,19,28H,5,8-9,17-18H2,1H3,(H,29,32). The first kappa shape index (κ1) is 21.8. The second-order valence-electron chi connectivity index (χ2n) is 8.87. The Morgan fingerprint density at radius 2 is 1.79 bits per heavy atom. The molecule has 1 N–H and O–H groups in total. The van der Waals surface area contributed by atoms with Crippen LogP contribution in [0.1, 0.15) is 62.9 Å². The van der Waals surface area contributed by atoms with Gasteiger partial charge in [-0.3, -0.25) is 9.59 Å². The number of aryl methyl sites for hydroxylation is 2. The van der Waals surface area contributed by atoms with Crippen LogP contribution in [0.2, 0.25) is 0 Å². The molecule has 1 aliphatic carbocycles. The minimum atomic E-state index is -0.0779. The van der Waals surface area contributed by atoms with Gasteiger partial charge >= 0.3 is 0 Å². The molecule has 2 amide bonds. The van der Waals surface area contributed by atoms with Crippen molar-refractivity contribution in [1.82, 2.24) is 10.2 Å². The summed E-state index contributed by atoms with van der Waals surface area (Å²) in [6.07, 6.45) is 3.52. The number of hydrogen-bond acceptors (Lipinski definition) is 3. The number of rotatable bonds is 6. The maximum absolute atomic E-state index is 12.9. The average Bonchev–Trinajstić information content (AvgIpc) is 3.46. The van der Waals surface area contributed by atoms with Crippen LogP contribution in [0.15, 0.2) is 72.8 Å². The lowest BCUT2D eigenvalue weighted by molar-refractivity contribution is -0.128. The van der Waals surface area contributed by atoms with Gasteiger partial charge in [-0.1, -0.05) is 60.7 Å². The molecule has 168 valence electrons. The number of hydrogen-bond donors (Lipinski definition) is 1. The summed E-state index contributed by atoms with van der Waals surface area (Å²) in [5.41, 5.74) is 6.81. The van der Waals surface area contributed by atoms with Crippen LogP contribution < -0.4 is 5.32 Å². The molecule has 0 aromatic heterocycles. The fourth-order valence-corrected chi connectivity index (χ4v) is 5.89. The van der Waals surface area contributed by atoms with E-state index >= 15 is 0 Å². The first-order valence-electron chi connectivity index (χ1n) is 11.6. The van der Waals surface area contributed by atoms with Gasteiger partial charge in [0.2, 0.25) is 5.91 Å². The van der Waals surface area contributed by atoms with Crippen molar-refractivity contribution in [2.75, 3.05) is 5.75 Å². The summed E-state index contributed by atoms with van der Waals surface area (Å²) in [6.45, 7) is 2.63. The van der Waals surface area contributed by atoms with Gasteiger partial charge in [0.05, 0.1) is 11.8 Å². The Hall–Kier alpha value is -3.05. The second-order valence-corrected chi connectivity index (χ2v) is 9.94. The molecule has 5 heteroatoms. The van der Waals surface area contributed by atoms with Crippen molar-refractivity contribution in [3.8, 4) is 0 Å². The molecular formula is C28H28N2O2S. The van der Waals surface area contributed by atoms with Crippen LogP contribution in [0.4, 0.5) is 0 Å². The molecule has 2 unspecified atom stereocenters. The van der Waals surface area contributed by atoms with E-state index in [2.05, 4.69) is 23.5 Å². The highest BCUT2D eigenvalue weighted by molar-refractivity contribution is 8.00. The van der Waals surface area contributed by atoms with Crippen LogP contribution in [0.5, 0.6) is 0 Å². The Labute approximate surface area is 199 Å². The van der Waals surface area contributed by atoms with E-state index in [1.807, 2.05) is 66.4 Å². The number of fused-ring (bicyclic) bond motifs is 1. The van der Waals surface area contributed by atoms with E-state index in [4.69, 9.17) is 0 Å². The zero-order valence-electron chi connectivity index (χ0n) is 18.8. The van der Waals surface area contributed by atoms with E-state index in [1.54, 1.807) is 11.8 Å². The van der Waals surface area contributed by atoms with Gasteiger partial charge in [0.1, 0.15) is 5.37 Å². The number of nitrogens with one attached hydrogen (secondary N) is 1. The average molecular weight is 457 g/mol. The molecule has 2 aliphatic rings. The summed E-state index contributed by atoms with van der Waals surface area (Å²) >= 11 is 1.64. The molecule has 1 fully saturated rings. The molecule has 0 saturated carbocycles. The number of thioether (sulfide) groups is 1. The third-order valence-electron chi connectivity index (χ3n) is 6.59. The fourth-order valence-electron chi connectivity index (χ4n) is 4.70. The van der Waals surface area contributed by atoms with E-state index in [-0.39, 0.29) is 23.2 Å². The topological polar surface area (TPSA) is 49.4 Å². The predicted octanol–water partition coefficient (Wildman–Crippen LogP) is 5.44. The molecule has 3 aromatic carbocycles. The minimum Gasteiger partial charge on any atom is -0.346 e. The Morgan fingerprint density at radius 1 is 1.03 bits per heavy atom. The molecule has 1 aliphatic heterocycles. The zero-order valence-corrected chi connectivity index (χ0v) is 19.6. The van der Waals surface area contributed by atoms with Crippen molar-refractivity contribution in [3.63, 3.8) is 0 Å². The van der Waals surface area contributed by atoms with Gasteiger partial charge in [0, 0.05) is 12.1 Å². The van der Waals surface area contributed by atoms with Gasteiger partial charge in [-0.15, -0.1) is 11.8 Å². The molecule has 3 aromatic rings. The first-order chi connectivity index (χ1) is 16.1. The normalized spacial score (nSPS) is 18.3. The highest BCUT2D eigenvalue weighted by atomic mass is 32.2. The predicted molar refractivity (Wildman–Crippen MR) is 133 cm³/mol. The van der Waals surface area contributed by atoms with Crippen LogP contribution in [-0.4, -0.2) is 22.5 Å². The number of benzene rings is 3. The van der Waals surface area contributed by atoms with E-state index < -0.39 is 0 Å². The van der Waals surface area contributed by atoms with E-state index in [9.17, 15) is 9.59 Å². The second kappa shape index (κ2) is 9.44. The molecule has 1 saturated heterocycles. The highest BCUT2D eigenvalue weighted by Gasteiger charge is 2.32.